The summed E-state index contributed by atoms with van der Waals surface area (Å²) in [4.78, 5) is 4.95. The van der Waals surface area contributed by atoms with Gasteiger partial charge in [0.1, 0.15) is 0 Å². The fourth-order valence-corrected chi connectivity index (χ4v) is 13.3. The van der Waals surface area contributed by atoms with E-state index in [1.165, 1.54) is 117 Å². The number of rotatable bonds is 6. The van der Waals surface area contributed by atoms with Crippen LogP contribution in [0.1, 0.15) is 0 Å². The molecule has 0 unspecified atom stereocenters. The van der Waals surface area contributed by atoms with Crippen molar-refractivity contribution in [3.8, 4) is 0 Å². The lowest BCUT2D eigenvalue weighted by molar-refractivity contribution is 1.32. The van der Waals surface area contributed by atoms with Gasteiger partial charge in [-0.2, -0.15) is 0 Å². The highest BCUT2D eigenvalue weighted by Crippen LogP contribution is 2.52. The quantitative estimate of drug-likeness (QED) is 0.164. The number of anilines is 6. The summed E-state index contributed by atoms with van der Waals surface area (Å²) in [5.41, 5.74) is 6.95. The maximum Gasteiger partial charge on any atom is 0.0540 e. The summed E-state index contributed by atoms with van der Waals surface area (Å²) < 4.78 is 5.25. The Hall–Kier alpha value is -8.02. The molecular formula is C62H38N2S2. The van der Waals surface area contributed by atoms with Gasteiger partial charge in [-0.3, -0.25) is 0 Å². The molecule has 0 saturated carbocycles. The fraction of sp³-hybridized carbons (Fsp3) is 0. The van der Waals surface area contributed by atoms with Gasteiger partial charge in [-0.1, -0.05) is 182 Å². The molecular weight excluding hydrogens is 837 g/mol. The molecule has 0 fully saturated rings. The summed E-state index contributed by atoms with van der Waals surface area (Å²) >= 11 is 3.86. The van der Waals surface area contributed by atoms with E-state index >= 15 is 0 Å². The van der Waals surface area contributed by atoms with E-state index in [1.54, 1.807) is 0 Å². The Morgan fingerprint density at radius 2 is 0.530 bits per heavy atom. The molecule has 0 bridgehead atoms. The monoisotopic (exact) mass is 874 g/mol. The van der Waals surface area contributed by atoms with Crippen LogP contribution in [0.5, 0.6) is 0 Å². The molecule has 0 radical (unpaired) electrons. The average Bonchev–Trinajstić information content (AvgIpc) is 3.96. The van der Waals surface area contributed by atoms with Crippen molar-refractivity contribution in [2.75, 3.05) is 9.80 Å². The number of nitrogens with zero attached hydrogens (tertiary/aromatic N) is 2. The van der Waals surface area contributed by atoms with Gasteiger partial charge in [-0.15, -0.1) is 22.7 Å². The lowest BCUT2D eigenvalue weighted by Gasteiger charge is -2.28. The van der Waals surface area contributed by atoms with Crippen LogP contribution in [0.3, 0.4) is 0 Å². The predicted molar refractivity (Wildman–Crippen MR) is 289 cm³/mol. The van der Waals surface area contributed by atoms with Crippen LogP contribution in [0.25, 0.3) is 94.2 Å². The van der Waals surface area contributed by atoms with Crippen molar-refractivity contribution in [1.82, 2.24) is 0 Å². The lowest BCUT2D eigenvalue weighted by Crippen LogP contribution is -2.11. The van der Waals surface area contributed by atoms with E-state index in [1.807, 2.05) is 22.7 Å². The first-order chi connectivity index (χ1) is 32.7. The highest BCUT2D eigenvalue weighted by atomic mass is 32.1. The summed E-state index contributed by atoms with van der Waals surface area (Å²) in [7, 11) is 0. The largest absolute Gasteiger partial charge is 0.309 e. The molecule has 0 N–H and O–H groups in total. The number of thiophene rings is 2. The lowest BCUT2D eigenvalue weighted by atomic mass is 9.98. The normalized spacial score (nSPS) is 11.9. The number of hydrogen-bond acceptors (Lipinski definition) is 4. The maximum absolute atomic E-state index is 2.47. The van der Waals surface area contributed by atoms with E-state index in [0.717, 1.165) is 11.4 Å². The first kappa shape index (κ1) is 37.4. The Bertz CT molecular complexity index is 3820. The molecule has 4 heteroatoms. The van der Waals surface area contributed by atoms with Crippen LogP contribution in [0.2, 0.25) is 0 Å². The van der Waals surface area contributed by atoms with Gasteiger partial charge in [0, 0.05) is 63.9 Å². The second-order valence-corrected chi connectivity index (χ2v) is 19.3. The van der Waals surface area contributed by atoms with Crippen LogP contribution >= 0.6 is 22.7 Å². The van der Waals surface area contributed by atoms with Crippen molar-refractivity contribution >= 4 is 151 Å². The van der Waals surface area contributed by atoms with Crippen LogP contribution in [-0.4, -0.2) is 0 Å². The van der Waals surface area contributed by atoms with E-state index in [0.29, 0.717) is 0 Å². The first-order valence-electron chi connectivity index (χ1n) is 22.5. The minimum absolute atomic E-state index is 1.14. The third kappa shape index (κ3) is 5.66. The van der Waals surface area contributed by atoms with E-state index < -0.39 is 0 Å². The summed E-state index contributed by atoms with van der Waals surface area (Å²) in [5, 5.41) is 17.7. The summed E-state index contributed by atoms with van der Waals surface area (Å²) in [5.74, 6) is 0. The highest BCUT2D eigenvalue weighted by Gasteiger charge is 2.24. The minimum Gasteiger partial charge on any atom is -0.309 e. The molecule has 0 spiro atoms. The van der Waals surface area contributed by atoms with Gasteiger partial charge in [0.15, 0.2) is 0 Å². The summed E-state index contributed by atoms with van der Waals surface area (Å²) in [6.45, 7) is 0. The molecule has 0 amide bonds. The Labute approximate surface area is 389 Å². The smallest absolute Gasteiger partial charge is 0.0540 e. The van der Waals surface area contributed by atoms with Crippen LogP contribution in [0.15, 0.2) is 231 Å². The number of benzene rings is 12. The molecule has 0 aliphatic carbocycles. The Morgan fingerprint density at radius 1 is 0.242 bits per heavy atom. The van der Waals surface area contributed by atoms with Crippen molar-refractivity contribution in [2.45, 2.75) is 0 Å². The van der Waals surface area contributed by atoms with Crippen LogP contribution < -0.4 is 9.80 Å². The van der Waals surface area contributed by atoms with Gasteiger partial charge in [-0.25, -0.2) is 0 Å². The number of hydrogen-bond donors (Lipinski definition) is 0. The van der Waals surface area contributed by atoms with Crippen molar-refractivity contribution in [3.63, 3.8) is 0 Å². The third-order valence-corrected chi connectivity index (χ3v) is 16.0. The topological polar surface area (TPSA) is 6.48 Å². The zero-order chi connectivity index (χ0) is 43.3. The Balaban J connectivity index is 1.01. The Kier molecular flexibility index (Phi) is 8.36. The molecule has 14 aromatic rings. The second-order valence-electron chi connectivity index (χ2n) is 17.2. The van der Waals surface area contributed by atoms with Crippen LogP contribution in [-0.2, 0) is 0 Å². The molecule has 12 aromatic carbocycles. The minimum atomic E-state index is 1.14. The predicted octanol–water partition coefficient (Wildman–Crippen LogP) is 19.1. The zero-order valence-electron chi connectivity index (χ0n) is 35.7. The molecule has 2 aromatic heterocycles. The SMILES string of the molecule is c1ccc2c(N(c3ccc4c(c3)sc3c5sc6cc(N(c7cccc8ccccc78)c7cccc8ccccc78)ccc6c5c5ccccc5c43)c3cccc4ccccc34)cccc2c1. The molecule has 66 heavy (non-hydrogen) atoms. The molecule has 308 valence electrons. The van der Waals surface area contributed by atoms with Gasteiger partial charge in [0.2, 0.25) is 0 Å². The zero-order valence-corrected chi connectivity index (χ0v) is 37.3. The van der Waals surface area contributed by atoms with E-state index in [-0.39, 0.29) is 0 Å². The van der Waals surface area contributed by atoms with Gasteiger partial charge in [0.05, 0.1) is 32.1 Å². The van der Waals surface area contributed by atoms with E-state index in [9.17, 15) is 0 Å². The van der Waals surface area contributed by atoms with Crippen molar-refractivity contribution < 1.29 is 0 Å². The standard InChI is InChI=1S/C62H38N2S2/c1-5-23-45-39(15-1)19-11-29-53(45)63(54-30-12-20-40-16-2-6-24-46(40)54)43-33-35-51-57(37-43)65-61-59(51)49-27-9-10-28-50(49)60-52-36-34-44(38-58(52)66-62(60)61)64(55-31-13-21-41-17-3-7-25-47(41)55)56-32-14-22-42-18-4-8-26-48(42)56/h1-38H. The summed E-state index contributed by atoms with van der Waals surface area (Å²) in [6, 6.07) is 85.0. The van der Waals surface area contributed by atoms with Crippen molar-refractivity contribution in [2.24, 2.45) is 0 Å². The van der Waals surface area contributed by atoms with Gasteiger partial charge >= 0.3 is 0 Å². The van der Waals surface area contributed by atoms with Crippen molar-refractivity contribution in [3.05, 3.63) is 231 Å². The van der Waals surface area contributed by atoms with Crippen LogP contribution in [0.4, 0.5) is 34.1 Å². The summed E-state index contributed by atoms with van der Waals surface area (Å²) in [6.07, 6.45) is 0. The second kappa shape index (κ2) is 14.8. The van der Waals surface area contributed by atoms with Crippen molar-refractivity contribution in [1.29, 1.82) is 0 Å². The van der Waals surface area contributed by atoms with E-state index in [2.05, 4.69) is 240 Å². The molecule has 0 saturated heterocycles. The third-order valence-electron chi connectivity index (χ3n) is 13.6. The maximum atomic E-state index is 2.47. The molecule has 0 aliphatic heterocycles. The average molecular weight is 875 g/mol. The molecule has 2 nitrogen and oxygen atoms in total. The molecule has 2 heterocycles. The molecule has 14 rings (SSSR count). The fourth-order valence-electron chi connectivity index (χ4n) is 10.7. The first-order valence-corrected chi connectivity index (χ1v) is 24.1. The molecule has 0 atom stereocenters. The van der Waals surface area contributed by atoms with Gasteiger partial charge in [-0.05, 0) is 80.8 Å². The van der Waals surface area contributed by atoms with Gasteiger partial charge < -0.3 is 9.80 Å². The Morgan fingerprint density at radius 3 is 0.864 bits per heavy atom. The van der Waals surface area contributed by atoms with Gasteiger partial charge in [0.25, 0.3) is 0 Å². The number of fused-ring (bicyclic) bond motifs is 14. The van der Waals surface area contributed by atoms with Crippen LogP contribution in [0, 0.1) is 0 Å². The molecule has 0 aliphatic rings. The van der Waals surface area contributed by atoms with E-state index in [4.69, 9.17) is 0 Å². The highest BCUT2D eigenvalue weighted by molar-refractivity contribution is 7.33.